The van der Waals surface area contributed by atoms with Gasteiger partial charge in [-0.3, -0.25) is 25.2 Å². The third-order valence-corrected chi connectivity index (χ3v) is 3.38. The lowest BCUT2D eigenvalue weighted by Crippen LogP contribution is -2.43. The van der Waals surface area contributed by atoms with E-state index in [4.69, 9.17) is 11.6 Å². The van der Waals surface area contributed by atoms with E-state index >= 15 is 0 Å². The lowest BCUT2D eigenvalue weighted by molar-refractivity contribution is -0.121. The van der Waals surface area contributed by atoms with Gasteiger partial charge in [0.25, 0.3) is 11.5 Å². The van der Waals surface area contributed by atoms with E-state index in [-0.39, 0.29) is 23.6 Å². The fourth-order valence-electron chi connectivity index (χ4n) is 1.96. The normalized spacial score (nSPS) is 10.2. The fraction of sp³-hybridized carbons (Fsp3) is 0.250. The van der Waals surface area contributed by atoms with Gasteiger partial charge < -0.3 is 0 Å². The Hall–Kier alpha value is -2.67. The lowest BCUT2D eigenvalue weighted by Gasteiger charge is -2.08. The van der Waals surface area contributed by atoms with Crippen molar-refractivity contribution in [2.75, 3.05) is 0 Å². The highest BCUT2D eigenvalue weighted by molar-refractivity contribution is 6.30. The molecule has 0 aliphatic heterocycles. The molecule has 0 spiro atoms. The predicted octanol–water partition coefficient (Wildman–Crippen LogP) is 1.31. The molecule has 2 rings (SSSR count). The molecular weight excluding hydrogens is 332 g/mol. The van der Waals surface area contributed by atoms with Gasteiger partial charge in [-0.2, -0.15) is 5.10 Å². The number of hydrogen-bond acceptors (Lipinski definition) is 4. The Balaban J connectivity index is 1.92. The number of carbonyl (C=O) groups excluding carboxylic acids is 2. The predicted molar refractivity (Wildman–Crippen MR) is 89.6 cm³/mol. The molecule has 2 N–H and O–H groups in total. The minimum Gasteiger partial charge on any atom is -0.273 e. The molecule has 0 unspecified atom stereocenters. The van der Waals surface area contributed by atoms with E-state index in [0.717, 1.165) is 12.0 Å². The van der Waals surface area contributed by atoms with Gasteiger partial charge in [-0.05, 0) is 30.2 Å². The zero-order valence-electron chi connectivity index (χ0n) is 13.1. The minimum atomic E-state index is -0.593. The van der Waals surface area contributed by atoms with Crippen LogP contribution >= 0.6 is 11.6 Å². The van der Waals surface area contributed by atoms with E-state index < -0.39 is 5.91 Å². The average Bonchev–Trinajstić information content (AvgIpc) is 2.57. The van der Waals surface area contributed by atoms with Gasteiger partial charge in [-0.15, -0.1) is 0 Å². The smallest absolute Gasteiger partial charge is 0.273 e. The second-order valence-corrected chi connectivity index (χ2v) is 5.52. The van der Waals surface area contributed by atoms with Crippen molar-refractivity contribution in [3.8, 4) is 0 Å². The van der Waals surface area contributed by atoms with Gasteiger partial charge in [-0.1, -0.05) is 30.7 Å². The lowest BCUT2D eigenvalue weighted by atomic mass is 10.1. The van der Waals surface area contributed by atoms with Gasteiger partial charge in [0.15, 0.2) is 5.69 Å². The average molecular weight is 349 g/mol. The van der Waals surface area contributed by atoms with E-state index in [1.54, 1.807) is 24.3 Å². The third kappa shape index (κ3) is 4.92. The second kappa shape index (κ2) is 8.26. The van der Waals surface area contributed by atoms with Crippen LogP contribution < -0.4 is 16.4 Å². The van der Waals surface area contributed by atoms with E-state index in [0.29, 0.717) is 11.6 Å². The Morgan fingerprint density at radius 3 is 2.50 bits per heavy atom. The maximum atomic E-state index is 12.0. The first-order valence-electron chi connectivity index (χ1n) is 7.41. The summed E-state index contributed by atoms with van der Waals surface area (Å²) < 4.78 is 1.21. The molecule has 0 aliphatic rings. The van der Waals surface area contributed by atoms with Gasteiger partial charge in [0, 0.05) is 17.6 Å². The molecule has 0 aliphatic carbocycles. The van der Waals surface area contributed by atoms with Crippen LogP contribution in [-0.4, -0.2) is 21.6 Å². The van der Waals surface area contributed by atoms with Crippen molar-refractivity contribution >= 4 is 23.4 Å². The molecule has 0 saturated heterocycles. The Morgan fingerprint density at radius 2 is 1.83 bits per heavy atom. The van der Waals surface area contributed by atoms with Gasteiger partial charge in [-0.25, -0.2) is 4.68 Å². The van der Waals surface area contributed by atoms with Crippen LogP contribution in [0.3, 0.4) is 0 Å². The van der Waals surface area contributed by atoms with Crippen LogP contribution in [0.4, 0.5) is 0 Å². The number of carbonyl (C=O) groups is 2. The van der Waals surface area contributed by atoms with Crippen molar-refractivity contribution in [3.63, 3.8) is 0 Å². The molecule has 0 saturated carbocycles. The zero-order chi connectivity index (χ0) is 17.5. The van der Waals surface area contributed by atoms with E-state index in [1.807, 2.05) is 6.92 Å². The monoisotopic (exact) mass is 348 g/mol. The number of halogens is 1. The van der Waals surface area contributed by atoms with Gasteiger partial charge >= 0.3 is 0 Å². The standard InChI is InChI=1S/C16H17ClN4O3/c1-2-9-21-15(23)8-7-13(20-21)16(24)19-18-14(22)10-11-3-5-12(17)6-4-11/h3-8H,2,9-10H2,1H3,(H,18,22)(H,19,24). The Labute approximate surface area is 143 Å². The van der Waals surface area contributed by atoms with Gasteiger partial charge in [0.1, 0.15) is 0 Å². The first kappa shape index (κ1) is 17.7. The van der Waals surface area contributed by atoms with Crippen LogP contribution in [0.2, 0.25) is 5.02 Å². The molecule has 0 fully saturated rings. The molecule has 0 bridgehead atoms. The summed E-state index contributed by atoms with van der Waals surface area (Å²) in [4.78, 5) is 35.4. The highest BCUT2D eigenvalue weighted by Crippen LogP contribution is 2.09. The Bertz CT molecular complexity index is 787. The number of nitrogens with one attached hydrogen (secondary N) is 2. The van der Waals surface area contributed by atoms with Gasteiger partial charge in [0.05, 0.1) is 6.42 Å². The van der Waals surface area contributed by atoms with Gasteiger partial charge in [0.2, 0.25) is 5.91 Å². The Morgan fingerprint density at radius 1 is 1.12 bits per heavy atom. The number of amides is 2. The highest BCUT2D eigenvalue weighted by Gasteiger charge is 2.11. The zero-order valence-corrected chi connectivity index (χ0v) is 13.8. The van der Waals surface area contributed by atoms with Crippen LogP contribution in [0.25, 0.3) is 0 Å². The number of aryl methyl sites for hydroxylation is 1. The topological polar surface area (TPSA) is 93.1 Å². The summed E-state index contributed by atoms with van der Waals surface area (Å²) in [7, 11) is 0. The SMILES string of the molecule is CCCn1nc(C(=O)NNC(=O)Cc2ccc(Cl)cc2)ccc1=O. The first-order chi connectivity index (χ1) is 11.5. The maximum Gasteiger partial charge on any atom is 0.290 e. The van der Waals surface area contributed by atoms with Crippen LogP contribution in [0, 0.1) is 0 Å². The van der Waals surface area contributed by atoms with Crippen molar-refractivity contribution in [1.82, 2.24) is 20.6 Å². The molecule has 2 amide bonds. The number of aromatic nitrogens is 2. The molecule has 126 valence electrons. The molecule has 1 aromatic heterocycles. The van der Waals surface area contributed by atoms with E-state index in [1.165, 1.54) is 16.8 Å². The van der Waals surface area contributed by atoms with E-state index in [2.05, 4.69) is 16.0 Å². The summed E-state index contributed by atoms with van der Waals surface area (Å²) in [6.45, 7) is 2.32. The first-order valence-corrected chi connectivity index (χ1v) is 7.79. The summed E-state index contributed by atoms with van der Waals surface area (Å²) in [5, 5.41) is 4.54. The molecule has 7 nitrogen and oxygen atoms in total. The van der Waals surface area contributed by atoms with Crippen molar-refractivity contribution < 1.29 is 9.59 Å². The van der Waals surface area contributed by atoms with Crippen molar-refractivity contribution in [3.05, 3.63) is 63.0 Å². The van der Waals surface area contributed by atoms with Crippen LogP contribution in [0.5, 0.6) is 0 Å². The third-order valence-electron chi connectivity index (χ3n) is 3.13. The summed E-state index contributed by atoms with van der Waals surface area (Å²) >= 11 is 5.78. The van der Waals surface area contributed by atoms with Crippen LogP contribution in [0.15, 0.2) is 41.2 Å². The molecule has 0 radical (unpaired) electrons. The summed E-state index contributed by atoms with van der Waals surface area (Å²) in [5.41, 5.74) is 5.13. The van der Waals surface area contributed by atoms with Crippen molar-refractivity contribution in [2.45, 2.75) is 26.3 Å². The molecular formula is C16H17ClN4O3. The molecule has 2 aromatic rings. The maximum absolute atomic E-state index is 12.0. The fourth-order valence-corrected chi connectivity index (χ4v) is 2.09. The number of hydrazine groups is 1. The highest BCUT2D eigenvalue weighted by atomic mass is 35.5. The van der Waals surface area contributed by atoms with E-state index in [9.17, 15) is 14.4 Å². The molecule has 1 heterocycles. The number of hydrogen-bond donors (Lipinski definition) is 2. The number of rotatable bonds is 5. The van der Waals surface area contributed by atoms with Crippen molar-refractivity contribution in [1.29, 1.82) is 0 Å². The molecule has 8 heteroatoms. The molecule has 24 heavy (non-hydrogen) atoms. The second-order valence-electron chi connectivity index (χ2n) is 5.09. The minimum absolute atomic E-state index is 0.0508. The summed E-state index contributed by atoms with van der Waals surface area (Å²) in [6.07, 6.45) is 0.815. The quantitative estimate of drug-likeness (QED) is 0.797. The van der Waals surface area contributed by atoms with Crippen LogP contribution in [0.1, 0.15) is 29.4 Å². The Kier molecular flexibility index (Phi) is 6.08. The van der Waals surface area contributed by atoms with Crippen LogP contribution in [-0.2, 0) is 17.8 Å². The molecule has 1 aromatic carbocycles. The molecule has 0 atom stereocenters. The van der Waals surface area contributed by atoms with Crippen molar-refractivity contribution in [2.24, 2.45) is 0 Å². The largest absolute Gasteiger partial charge is 0.290 e. The summed E-state index contributed by atoms with van der Waals surface area (Å²) in [6, 6.07) is 9.41. The number of nitrogens with zero attached hydrogens (tertiary/aromatic N) is 2. The number of benzene rings is 1. The summed E-state index contributed by atoms with van der Waals surface area (Å²) in [5.74, 6) is -0.975.